The summed E-state index contributed by atoms with van der Waals surface area (Å²) in [6.45, 7) is 0. The van der Waals surface area contributed by atoms with Gasteiger partial charge in [-0.25, -0.2) is 9.97 Å². The number of aromatic nitrogens is 4. The van der Waals surface area contributed by atoms with Crippen molar-refractivity contribution in [1.82, 2.24) is 19.9 Å². The zero-order valence-corrected chi connectivity index (χ0v) is 26.5. The average molecular weight is 647 g/mol. The summed E-state index contributed by atoms with van der Waals surface area (Å²) in [4.78, 5) is 22.2. The second-order valence-electron chi connectivity index (χ2n) is 12.0. The predicted molar refractivity (Wildman–Crippen MR) is 197 cm³/mol. The maximum Gasteiger partial charge on any atom is 0.137 e. The molecule has 50 heavy (non-hydrogen) atoms. The first-order valence-corrected chi connectivity index (χ1v) is 16.3. The van der Waals surface area contributed by atoms with Crippen LogP contribution in [-0.4, -0.2) is 19.9 Å². The average Bonchev–Trinajstić information content (AvgIpc) is 3.55. The summed E-state index contributed by atoms with van der Waals surface area (Å²) in [7, 11) is 0. The molecular weight excluding hydrogens is 621 g/mol. The largest absolute Gasteiger partial charge is 0.456 e. The highest BCUT2D eigenvalue weighted by molar-refractivity contribution is 6.24. The number of pyridine rings is 4. The highest BCUT2D eigenvalue weighted by Crippen LogP contribution is 2.52. The third kappa shape index (κ3) is 4.47. The van der Waals surface area contributed by atoms with Crippen molar-refractivity contribution in [2.45, 2.75) is 0 Å². The number of anilines is 6. The van der Waals surface area contributed by atoms with Crippen LogP contribution in [0, 0.1) is 0 Å². The molecule has 8 heteroatoms. The second-order valence-corrected chi connectivity index (χ2v) is 12.0. The summed E-state index contributed by atoms with van der Waals surface area (Å²) in [6, 6.07) is 40.6. The van der Waals surface area contributed by atoms with E-state index in [1.165, 1.54) is 0 Å². The minimum Gasteiger partial charge on any atom is -0.456 e. The smallest absolute Gasteiger partial charge is 0.137 e. The van der Waals surface area contributed by atoms with Crippen molar-refractivity contribution in [3.63, 3.8) is 0 Å². The van der Waals surface area contributed by atoms with Gasteiger partial charge in [0.15, 0.2) is 0 Å². The number of nitrogens with zero attached hydrogens (tertiary/aromatic N) is 6. The number of benzene rings is 4. The third-order valence-corrected chi connectivity index (χ3v) is 9.10. The molecule has 1 aliphatic rings. The number of furan rings is 1. The molecule has 236 valence electrons. The molecule has 8 nitrogen and oxygen atoms in total. The Morgan fingerprint density at radius 3 is 1.80 bits per heavy atom. The van der Waals surface area contributed by atoms with Gasteiger partial charge >= 0.3 is 0 Å². The molecular formula is C42H26N6O2. The van der Waals surface area contributed by atoms with Gasteiger partial charge in [-0.1, -0.05) is 24.3 Å². The van der Waals surface area contributed by atoms with E-state index in [-0.39, 0.29) is 0 Å². The Morgan fingerprint density at radius 2 is 1.14 bits per heavy atom. The van der Waals surface area contributed by atoms with Crippen molar-refractivity contribution in [3.8, 4) is 22.6 Å². The van der Waals surface area contributed by atoms with E-state index < -0.39 is 0 Å². The molecule has 0 bridgehead atoms. The minimum absolute atomic E-state index is 0.757. The number of hydrogen-bond acceptors (Lipinski definition) is 8. The van der Waals surface area contributed by atoms with Gasteiger partial charge in [-0.05, 0) is 90.3 Å². The molecule has 9 aromatic rings. The molecule has 0 radical (unpaired) electrons. The van der Waals surface area contributed by atoms with Crippen LogP contribution in [0.3, 0.4) is 0 Å². The van der Waals surface area contributed by atoms with E-state index in [1.807, 2.05) is 85.2 Å². The molecule has 0 saturated carbocycles. The van der Waals surface area contributed by atoms with Gasteiger partial charge in [0.2, 0.25) is 0 Å². The monoisotopic (exact) mass is 646 g/mol. The first-order chi connectivity index (χ1) is 24.8. The number of hydrogen-bond donors (Lipinski definition) is 0. The lowest BCUT2D eigenvalue weighted by molar-refractivity contribution is 0.487. The zero-order chi connectivity index (χ0) is 33.0. The third-order valence-electron chi connectivity index (χ3n) is 9.10. The Morgan fingerprint density at radius 1 is 0.440 bits per heavy atom. The first kappa shape index (κ1) is 28.0. The van der Waals surface area contributed by atoms with Gasteiger partial charge in [0.25, 0.3) is 0 Å². The molecule has 0 N–H and O–H groups in total. The van der Waals surface area contributed by atoms with Crippen LogP contribution in [-0.2, 0) is 0 Å². The Bertz CT molecular complexity index is 2610. The second kappa shape index (κ2) is 11.3. The van der Waals surface area contributed by atoms with E-state index >= 15 is 0 Å². The number of fused-ring (bicyclic) bond motifs is 6. The highest BCUT2D eigenvalue weighted by Gasteiger charge is 2.26. The fraction of sp³-hybridized carbons (Fsp3) is 0. The lowest BCUT2D eigenvalue weighted by atomic mass is 9.92. The van der Waals surface area contributed by atoms with Crippen LogP contribution < -0.4 is 14.5 Å². The van der Waals surface area contributed by atoms with Crippen LogP contribution >= 0.6 is 0 Å². The van der Waals surface area contributed by atoms with Crippen LogP contribution in [0.25, 0.3) is 43.8 Å². The van der Waals surface area contributed by atoms with Gasteiger partial charge in [-0.15, -0.1) is 0 Å². The SMILES string of the molecule is c1ccc(N(c2cccnc2)c2ccc3c(c2)Oc2cccc4c2c-3cc2oc3cc(N(c5cccnc5)c5ccccn5)ccc3c24)nc1. The fourth-order valence-electron chi connectivity index (χ4n) is 6.99. The van der Waals surface area contributed by atoms with Crippen LogP contribution in [0.15, 0.2) is 163 Å². The van der Waals surface area contributed by atoms with Gasteiger partial charge < -0.3 is 9.15 Å². The predicted octanol–water partition coefficient (Wildman–Crippen LogP) is 11.0. The lowest BCUT2D eigenvalue weighted by Crippen LogP contribution is -2.12. The Labute approximate surface area is 286 Å². The molecule has 10 rings (SSSR count). The normalized spacial score (nSPS) is 11.8. The van der Waals surface area contributed by atoms with E-state index in [4.69, 9.17) is 9.15 Å². The number of ether oxygens (including phenoxy) is 1. The molecule has 4 aromatic carbocycles. The van der Waals surface area contributed by atoms with E-state index in [2.05, 4.69) is 78.3 Å². The maximum absolute atomic E-state index is 6.70. The van der Waals surface area contributed by atoms with Crippen LogP contribution in [0.1, 0.15) is 0 Å². The van der Waals surface area contributed by atoms with E-state index in [1.54, 1.807) is 24.8 Å². The quantitative estimate of drug-likeness (QED) is 0.177. The van der Waals surface area contributed by atoms with Crippen molar-refractivity contribution >= 4 is 67.1 Å². The maximum atomic E-state index is 6.70. The Balaban J connectivity index is 1.13. The van der Waals surface area contributed by atoms with E-state index in [9.17, 15) is 0 Å². The molecule has 0 unspecified atom stereocenters. The van der Waals surface area contributed by atoms with Crippen molar-refractivity contribution < 1.29 is 9.15 Å². The highest BCUT2D eigenvalue weighted by atomic mass is 16.5. The fourth-order valence-corrected chi connectivity index (χ4v) is 6.99. The zero-order valence-electron chi connectivity index (χ0n) is 26.5. The summed E-state index contributed by atoms with van der Waals surface area (Å²) in [6.07, 6.45) is 10.8. The topological polar surface area (TPSA) is 80.4 Å². The van der Waals surface area contributed by atoms with Crippen molar-refractivity contribution in [3.05, 3.63) is 159 Å². The van der Waals surface area contributed by atoms with Gasteiger partial charge in [0.1, 0.15) is 34.3 Å². The minimum atomic E-state index is 0.757. The number of rotatable bonds is 6. The summed E-state index contributed by atoms with van der Waals surface area (Å²) in [5, 5.41) is 4.23. The summed E-state index contributed by atoms with van der Waals surface area (Å²) in [5.74, 6) is 3.14. The standard InChI is InChI=1S/C42H26N6O2/c1-3-20-45-39(12-1)47(29-8-6-18-43-25-29)27-14-16-31-34-24-38-41(33-10-5-11-35(42(33)34)49-36(31)22-27)32-17-15-28(23-37(32)50-38)48(30-9-7-19-44-26-30)40-13-2-4-21-46-40/h1-26H. The summed E-state index contributed by atoms with van der Waals surface area (Å²) < 4.78 is 13.4. The molecule has 6 heterocycles. The Hall–Kier alpha value is -7.06. The molecule has 0 saturated heterocycles. The molecule has 0 aliphatic carbocycles. The van der Waals surface area contributed by atoms with Crippen LogP contribution in [0.4, 0.5) is 34.4 Å². The Kier molecular flexibility index (Phi) is 6.32. The van der Waals surface area contributed by atoms with Crippen molar-refractivity contribution in [1.29, 1.82) is 0 Å². The summed E-state index contributed by atoms with van der Waals surface area (Å²) >= 11 is 0. The lowest BCUT2D eigenvalue weighted by Gasteiger charge is -2.27. The molecule has 0 fully saturated rings. The van der Waals surface area contributed by atoms with Crippen LogP contribution in [0.2, 0.25) is 0 Å². The molecule has 0 spiro atoms. The van der Waals surface area contributed by atoms with E-state index in [0.717, 1.165) is 89.7 Å². The van der Waals surface area contributed by atoms with Gasteiger partial charge in [-0.3, -0.25) is 19.8 Å². The molecule has 1 aliphatic heterocycles. The van der Waals surface area contributed by atoms with Gasteiger partial charge in [-0.2, -0.15) is 0 Å². The molecule has 0 amide bonds. The van der Waals surface area contributed by atoms with Crippen LogP contribution in [0.5, 0.6) is 11.5 Å². The van der Waals surface area contributed by atoms with E-state index in [0.29, 0.717) is 0 Å². The van der Waals surface area contributed by atoms with Gasteiger partial charge in [0, 0.05) is 64.2 Å². The van der Waals surface area contributed by atoms with Crippen molar-refractivity contribution in [2.75, 3.05) is 9.80 Å². The first-order valence-electron chi connectivity index (χ1n) is 16.3. The summed E-state index contributed by atoms with van der Waals surface area (Å²) in [5.41, 5.74) is 7.28. The van der Waals surface area contributed by atoms with Gasteiger partial charge in [0.05, 0.1) is 35.1 Å². The molecule has 5 aromatic heterocycles. The van der Waals surface area contributed by atoms with Crippen molar-refractivity contribution in [2.24, 2.45) is 0 Å². The molecule has 0 atom stereocenters.